The molecule has 3 unspecified atom stereocenters. The first-order chi connectivity index (χ1) is 6.51. The van der Waals surface area contributed by atoms with Gasteiger partial charge in [0.1, 0.15) is 0 Å². The maximum Gasteiger partial charge on any atom is 0.0959 e. The fraction of sp³-hybridized carbons (Fsp3) is 1.00. The third-order valence-corrected chi connectivity index (χ3v) is 3.26. The van der Waals surface area contributed by atoms with Gasteiger partial charge in [0.15, 0.2) is 0 Å². The lowest BCUT2D eigenvalue weighted by molar-refractivity contribution is -0.0304. The number of aliphatic hydroxyl groups excluding tert-OH is 1. The molecule has 1 saturated heterocycles. The second-order valence-corrected chi connectivity index (χ2v) is 5.14. The molecule has 1 rings (SSSR count). The summed E-state index contributed by atoms with van der Waals surface area (Å²) in [7, 11) is 1.66. The number of piperidine rings is 1. The number of aliphatic hydroxyl groups is 1. The van der Waals surface area contributed by atoms with Crippen LogP contribution in [-0.4, -0.2) is 37.5 Å². The molecule has 0 spiro atoms. The highest BCUT2D eigenvalue weighted by Gasteiger charge is 2.39. The molecule has 3 atom stereocenters. The first-order valence-electron chi connectivity index (χ1n) is 5.38. The molecule has 0 saturated carbocycles. The van der Waals surface area contributed by atoms with Crippen LogP contribution in [0.15, 0.2) is 0 Å². The van der Waals surface area contributed by atoms with Crippen LogP contribution in [0.5, 0.6) is 0 Å². The van der Waals surface area contributed by atoms with E-state index in [1.54, 1.807) is 7.11 Å². The first-order valence-corrected chi connectivity index (χ1v) is 5.38. The van der Waals surface area contributed by atoms with E-state index in [1.807, 2.05) is 0 Å². The monoisotopic (exact) mass is 201 g/mol. The van der Waals surface area contributed by atoms with Gasteiger partial charge < -0.3 is 15.2 Å². The Morgan fingerprint density at radius 2 is 2.21 bits per heavy atom. The SMILES string of the molecule is COC(CO)C1NCC(C)CC1(C)C. The summed E-state index contributed by atoms with van der Waals surface area (Å²) in [6.45, 7) is 7.84. The fourth-order valence-electron chi connectivity index (χ4n) is 2.65. The average Bonchev–Trinajstić information content (AvgIpc) is 2.09. The Balaban J connectivity index is 2.67. The summed E-state index contributed by atoms with van der Waals surface area (Å²) < 4.78 is 5.30. The van der Waals surface area contributed by atoms with Crippen molar-refractivity contribution >= 4 is 0 Å². The number of nitrogens with one attached hydrogen (secondary N) is 1. The van der Waals surface area contributed by atoms with Gasteiger partial charge in [-0.2, -0.15) is 0 Å². The molecule has 0 aromatic rings. The Hall–Kier alpha value is -0.120. The van der Waals surface area contributed by atoms with Crippen molar-refractivity contribution in [3.05, 3.63) is 0 Å². The zero-order valence-electron chi connectivity index (χ0n) is 9.71. The summed E-state index contributed by atoms with van der Waals surface area (Å²) >= 11 is 0. The van der Waals surface area contributed by atoms with E-state index in [0.29, 0.717) is 5.92 Å². The van der Waals surface area contributed by atoms with Crippen molar-refractivity contribution in [2.45, 2.75) is 39.3 Å². The Kier molecular flexibility index (Phi) is 3.93. The van der Waals surface area contributed by atoms with Crippen LogP contribution < -0.4 is 5.32 Å². The van der Waals surface area contributed by atoms with Crippen molar-refractivity contribution in [1.82, 2.24) is 5.32 Å². The lowest BCUT2D eigenvalue weighted by atomic mass is 9.72. The average molecular weight is 201 g/mol. The molecule has 0 radical (unpaired) electrons. The van der Waals surface area contributed by atoms with Crippen LogP contribution >= 0.6 is 0 Å². The molecule has 0 aliphatic carbocycles. The van der Waals surface area contributed by atoms with E-state index < -0.39 is 0 Å². The largest absolute Gasteiger partial charge is 0.394 e. The zero-order valence-corrected chi connectivity index (χ0v) is 9.71. The predicted octanol–water partition coefficient (Wildman–Crippen LogP) is 1.02. The van der Waals surface area contributed by atoms with Gasteiger partial charge in [-0.05, 0) is 24.3 Å². The van der Waals surface area contributed by atoms with Gasteiger partial charge in [-0.1, -0.05) is 20.8 Å². The zero-order chi connectivity index (χ0) is 10.8. The van der Waals surface area contributed by atoms with E-state index in [0.717, 1.165) is 6.54 Å². The van der Waals surface area contributed by atoms with E-state index in [4.69, 9.17) is 4.74 Å². The number of hydrogen-bond donors (Lipinski definition) is 2. The van der Waals surface area contributed by atoms with Crippen LogP contribution in [0.1, 0.15) is 27.2 Å². The summed E-state index contributed by atoms with van der Waals surface area (Å²) in [5.74, 6) is 0.706. The van der Waals surface area contributed by atoms with Crippen molar-refractivity contribution in [2.75, 3.05) is 20.3 Å². The van der Waals surface area contributed by atoms with Gasteiger partial charge in [0, 0.05) is 13.2 Å². The summed E-state index contributed by atoms with van der Waals surface area (Å²) in [6.07, 6.45) is 1.10. The van der Waals surface area contributed by atoms with Gasteiger partial charge in [-0.3, -0.25) is 0 Å². The van der Waals surface area contributed by atoms with E-state index in [1.165, 1.54) is 6.42 Å². The number of methoxy groups -OCH3 is 1. The van der Waals surface area contributed by atoms with Gasteiger partial charge in [-0.15, -0.1) is 0 Å². The van der Waals surface area contributed by atoms with Crippen molar-refractivity contribution in [2.24, 2.45) is 11.3 Å². The minimum Gasteiger partial charge on any atom is -0.394 e. The Morgan fingerprint density at radius 1 is 1.57 bits per heavy atom. The second kappa shape index (κ2) is 4.60. The molecule has 0 bridgehead atoms. The molecule has 1 aliphatic heterocycles. The second-order valence-electron chi connectivity index (χ2n) is 5.14. The molecule has 1 aliphatic rings. The van der Waals surface area contributed by atoms with Crippen molar-refractivity contribution < 1.29 is 9.84 Å². The van der Waals surface area contributed by atoms with E-state index >= 15 is 0 Å². The summed E-state index contributed by atoms with van der Waals surface area (Å²) in [5.41, 5.74) is 0.196. The van der Waals surface area contributed by atoms with Crippen LogP contribution in [0.4, 0.5) is 0 Å². The highest BCUT2D eigenvalue weighted by atomic mass is 16.5. The normalized spacial score (nSPS) is 34.1. The van der Waals surface area contributed by atoms with Crippen LogP contribution in [0, 0.1) is 11.3 Å². The molecule has 0 aromatic heterocycles. The highest BCUT2D eigenvalue weighted by molar-refractivity contribution is 4.94. The third kappa shape index (κ3) is 2.47. The van der Waals surface area contributed by atoms with E-state index in [2.05, 4.69) is 26.1 Å². The van der Waals surface area contributed by atoms with Gasteiger partial charge in [0.05, 0.1) is 12.7 Å². The van der Waals surface area contributed by atoms with Gasteiger partial charge in [-0.25, -0.2) is 0 Å². The smallest absolute Gasteiger partial charge is 0.0959 e. The number of rotatable bonds is 3. The minimum atomic E-state index is -0.0856. The standard InChI is InChI=1S/C11H23NO2/c1-8-5-11(2,3)10(12-6-8)9(7-13)14-4/h8-10,12-13H,5-7H2,1-4H3. The van der Waals surface area contributed by atoms with E-state index in [-0.39, 0.29) is 24.2 Å². The van der Waals surface area contributed by atoms with Crippen LogP contribution in [0.3, 0.4) is 0 Å². The van der Waals surface area contributed by atoms with Crippen molar-refractivity contribution in [3.63, 3.8) is 0 Å². The topological polar surface area (TPSA) is 41.5 Å². The molecule has 14 heavy (non-hydrogen) atoms. The van der Waals surface area contributed by atoms with Gasteiger partial charge in [0.2, 0.25) is 0 Å². The van der Waals surface area contributed by atoms with Gasteiger partial charge >= 0.3 is 0 Å². The predicted molar refractivity (Wildman–Crippen MR) is 57.2 cm³/mol. The maximum atomic E-state index is 9.21. The maximum absolute atomic E-state index is 9.21. The number of ether oxygens (including phenoxy) is 1. The summed E-state index contributed by atoms with van der Waals surface area (Å²) in [6, 6.07) is 0.258. The molecule has 3 nitrogen and oxygen atoms in total. The Bertz CT molecular complexity index is 178. The lowest BCUT2D eigenvalue weighted by Crippen LogP contribution is -2.57. The molecular weight excluding hydrogens is 178 g/mol. The van der Waals surface area contributed by atoms with Crippen LogP contribution in [0.25, 0.3) is 0 Å². The summed E-state index contributed by atoms with van der Waals surface area (Å²) in [4.78, 5) is 0. The van der Waals surface area contributed by atoms with E-state index in [9.17, 15) is 5.11 Å². The molecule has 0 amide bonds. The summed E-state index contributed by atoms with van der Waals surface area (Å²) in [5, 5.41) is 12.7. The fourth-order valence-corrected chi connectivity index (χ4v) is 2.65. The van der Waals surface area contributed by atoms with Crippen LogP contribution in [-0.2, 0) is 4.74 Å². The molecule has 84 valence electrons. The molecule has 0 aromatic carbocycles. The third-order valence-electron chi connectivity index (χ3n) is 3.26. The minimum absolute atomic E-state index is 0.0856. The highest BCUT2D eigenvalue weighted by Crippen LogP contribution is 2.34. The Labute approximate surface area is 86.8 Å². The van der Waals surface area contributed by atoms with Crippen molar-refractivity contribution in [3.8, 4) is 0 Å². The first kappa shape index (κ1) is 12.0. The van der Waals surface area contributed by atoms with Crippen LogP contribution in [0.2, 0.25) is 0 Å². The number of hydrogen-bond acceptors (Lipinski definition) is 3. The molecule has 1 fully saturated rings. The van der Waals surface area contributed by atoms with Gasteiger partial charge in [0.25, 0.3) is 0 Å². The molecular formula is C11H23NO2. The van der Waals surface area contributed by atoms with Crippen molar-refractivity contribution in [1.29, 1.82) is 0 Å². The lowest BCUT2D eigenvalue weighted by Gasteiger charge is -2.45. The molecule has 1 heterocycles. The molecule has 3 heteroatoms. The molecule has 2 N–H and O–H groups in total. The Morgan fingerprint density at radius 3 is 2.64 bits per heavy atom. The quantitative estimate of drug-likeness (QED) is 0.716.